The average Bonchev–Trinajstić information content (AvgIpc) is 2.67. The van der Waals surface area contributed by atoms with Crippen LogP contribution in [-0.2, 0) is 14.4 Å². The number of carboxylic acids is 1. The number of thioether (sulfide) groups is 1. The largest absolute Gasteiger partial charge is 0.481 e. The number of hydrogen-bond acceptors (Lipinski definition) is 6. The lowest BCUT2D eigenvalue weighted by Gasteiger charge is -2.12. The molecule has 0 atom stereocenters. The minimum atomic E-state index is -0.935. The predicted octanol–water partition coefficient (Wildman–Crippen LogP) is 4.14. The van der Waals surface area contributed by atoms with Gasteiger partial charge in [0, 0.05) is 23.2 Å². The third-order valence-corrected chi connectivity index (χ3v) is 4.98. The van der Waals surface area contributed by atoms with E-state index < -0.39 is 5.97 Å². The van der Waals surface area contributed by atoms with Crippen molar-refractivity contribution in [2.24, 2.45) is 4.99 Å². The van der Waals surface area contributed by atoms with Gasteiger partial charge in [0.2, 0.25) is 5.78 Å². The number of nitrogens with one attached hydrogen (secondary N) is 1. The highest BCUT2D eigenvalue weighted by Gasteiger charge is 2.24. The van der Waals surface area contributed by atoms with E-state index in [1.807, 2.05) is 42.5 Å². The molecular weight excluding hydrogens is 376 g/mol. The second-order valence-corrected chi connectivity index (χ2v) is 7.20. The van der Waals surface area contributed by atoms with Gasteiger partial charge < -0.3 is 10.4 Å². The summed E-state index contributed by atoms with van der Waals surface area (Å²) in [5.74, 6) is -1.21. The van der Waals surface area contributed by atoms with E-state index in [0.29, 0.717) is 10.6 Å². The normalized spacial score (nSPS) is 15.4. The molecule has 3 rings (SSSR count). The molecule has 0 spiro atoms. The molecule has 0 amide bonds. The highest BCUT2D eigenvalue weighted by Crippen LogP contribution is 2.25. The van der Waals surface area contributed by atoms with Crippen LogP contribution in [0.2, 0.25) is 0 Å². The Morgan fingerprint density at radius 1 is 1.04 bits per heavy atom. The Balaban J connectivity index is 1.66. The molecule has 2 N–H and O–H groups in total. The van der Waals surface area contributed by atoms with Crippen LogP contribution in [-0.4, -0.2) is 34.1 Å². The molecule has 0 aromatic heterocycles. The van der Waals surface area contributed by atoms with Crippen molar-refractivity contribution in [3.05, 3.63) is 65.6 Å². The van der Waals surface area contributed by atoms with Crippen molar-refractivity contribution in [1.82, 2.24) is 0 Å². The molecule has 1 aliphatic rings. The number of allylic oxidation sites excluding steroid dienone is 2. The van der Waals surface area contributed by atoms with Gasteiger partial charge in [-0.3, -0.25) is 14.4 Å². The van der Waals surface area contributed by atoms with Crippen molar-refractivity contribution in [3.8, 4) is 0 Å². The number of para-hydroxylation sites is 1. The summed E-state index contributed by atoms with van der Waals surface area (Å²) in [6.45, 7) is 0. The Morgan fingerprint density at radius 2 is 1.71 bits per heavy atom. The van der Waals surface area contributed by atoms with E-state index in [4.69, 9.17) is 5.11 Å². The Kier molecular flexibility index (Phi) is 6.39. The van der Waals surface area contributed by atoms with E-state index in [0.717, 1.165) is 23.1 Å². The van der Waals surface area contributed by atoms with E-state index in [9.17, 15) is 14.4 Å². The van der Waals surface area contributed by atoms with Crippen LogP contribution in [0.4, 0.5) is 17.1 Å². The number of carboxylic acid groups (broad SMARTS) is 1. The van der Waals surface area contributed by atoms with E-state index in [1.165, 1.54) is 6.08 Å². The zero-order chi connectivity index (χ0) is 19.9. The van der Waals surface area contributed by atoms with Crippen molar-refractivity contribution in [1.29, 1.82) is 0 Å². The summed E-state index contributed by atoms with van der Waals surface area (Å²) in [6.07, 6.45) is 1.12. The van der Waals surface area contributed by atoms with Gasteiger partial charge in [0.1, 0.15) is 0 Å². The van der Waals surface area contributed by atoms with Gasteiger partial charge in [-0.2, -0.15) is 0 Å². The number of Topliss-reactive ketones (excluding diaryl/α,β-unsaturated/α-hetero) is 1. The molecule has 142 valence electrons. The van der Waals surface area contributed by atoms with Crippen molar-refractivity contribution >= 4 is 52.1 Å². The van der Waals surface area contributed by atoms with Crippen LogP contribution in [0.15, 0.2) is 70.6 Å². The lowest BCUT2D eigenvalue weighted by molar-refractivity contribution is -0.136. The first kappa shape index (κ1) is 19.6. The zero-order valence-electron chi connectivity index (χ0n) is 14.9. The summed E-state index contributed by atoms with van der Waals surface area (Å²) in [4.78, 5) is 39.6. The minimum Gasteiger partial charge on any atom is -0.481 e. The quantitative estimate of drug-likeness (QED) is 0.733. The molecule has 0 saturated carbocycles. The minimum absolute atomic E-state index is 0.0617. The molecule has 0 fully saturated rings. The molecule has 1 aliphatic carbocycles. The topological polar surface area (TPSA) is 95.8 Å². The van der Waals surface area contributed by atoms with Gasteiger partial charge in [0.05, 0.1) is 29.1 Å². The molecule has 6 nitrogen and oxygen atoms in total. The van der Waals surface area contributed by atoms with Crippen LogP contribution in [0, 0.1) is 0 Å². The van der Waals surface area contributed by atoms with Crippen molar-refractivity contribution in [2.75, 3.05) is 11.1 Å². The van der Waals surface area contributed by atoms with Crippen LogP contribution in [0.25, 0.3) is 0 Å². The average molecular weight is 394 g/mol. The van der Waals surface area contributed by atoms with Gasteiger partial charge in [-0.15, -0.1) is 11.8 Å². The fourth-order valence-corrected chi connectivity index (χ4v) is 3.46. The number of nitrogens with zero attached hydrogens (tertiary/aromatic N) is 1. The molecule has 28 heavy (non-hydrogen) atoms. The monoisotopic (exact) mass is 394 g/mol. The fourth-order valence-electron chi connectivity index (χ4n) is 2.54. The number of carbonyl (C=O) groups excluding carboxylic acids is 2. The van der Waals surface area contributed by atoms with Crippen molar-refractivity contribution in [3.63, 3.8) is 0 Å². The number of ketones is 2. The number of anilines is 2. The summed E-state index contributed by atoms with van der Waals surface area (Å²) in [6, 6.07) is 17.0. The fraction of sp³-hybridized carbons (Fsp3) is 0.143. The molecule has 2 aromatic rings. The summed E-state index contributed by atoms with van der Waals surface area (Å²) >= 11 is 1.10. The molecule has 0 aliphatic heterocycles. The molecule has 0 radical (unpaired) electrons. The first-order chi connectivity index (χ1) is 13.5. The molecule has 0 bridgehead atoms. The van der Waals surface area contributed by atoms with Gasteiger partial charge in [0.15, 0.2) is 5.78 Å². The van der Waals surface area contributed by atoms with E-state index in [2.05, 4.69) is 10.3 Å². The smallest absolute Gasteiger partial charge is 0.304 e. The van der Waals surface area contributed by atoms with Crippen LogP contribution in [0.5, 0.6) is 0 Å². The van der Waals surface area contributed by atoms with Crippen LogP contribution < -0.4 is 5.32 Å². The Labute approximate surface area is 166 Å². The standard InChI is InChI=1S/C21H18N2O4S/c24-18-13-20(28-11-10-21(26)27)19(25)12-17(18)23-16-8-6-15(7-9-16)22-14-4-2-1-3-5-14/h1-9,13,22H,10-12H2,(H,26,27). The van der Waals surface area contributed by atoms with E-state index in [1.54, 1.807) is 12.1 Å². The van der Waals surface area contributed by atoms with Crippen molar-refractivity contribution < 1.29 is 19.5 Å². The van der Waals surface area contributed by atoms with Gasteiger partial charge in [0.25, 0.3) is 0 Å². The second kappa shape index (κ2) is 9.14. The van der Waals surface area contributed by atoms with Gasteiger partial charge in [-0.25, -0.2) is 4.99 Å². The summed E-state index contributed by atoms with van der Waals surface area (Å²) in [5.41, 5.74) is 2.63. The maximum absolute atomic E-state index is 12.3. The van der Waals surface area contributed by atoms with Gasteiger partial charge >= 0.3 is 5.97 Å². The maximum atomic E-state index is 12.3. The summed E-state index contributed by atoms with van der Waals surface area (Å²) < 4.78 is 0. The van der Waals surface area contributed by atoms with Crippen molar-refractivity contribution in [2.45, 2.75) is 12.8 Å². The summed E-state index contributed by atoms with van der Waals surface area (Å²) in [7, 11) is 0. The van der Waals surface area contributed by atoms with Gasteiger partial charge in [-0.05, 0) is 36.4 Å². The highest BCUT2D eigenvalue weighted by atomic mass is 32.2. The Morgan fingerprint density at radius 3 is 2.39 bits per heavy atom. The van der Waals surface area contributed by atoms with Gasteiger partial charge in [-0.1, -0.05) is 18.2 Å². The number of aliphatic imine (C=N–C) groups is 1. The molecule has 2 aromatic carbocycles. The number of hydrogen-bond donors (Lipinski definition) is 2. The first-order valence-electron chi connectivity index (χ1n) is 8.65. The number of carbonyl (C=O) groups is 3. The first-order valence-corrected chi connectivity index (χ1v) is 9.63. The third-order valence-electron chi connectivity index (χ3n) is 3.92. The number of benzene rings is 2. The molecule has 7 heteroatoms. The predicted molar refractivity (Wildman–Crippen MR) is 111 cm³/mol. The zero-order valence-corrected chi connectivity index (χ0v) is 15.7. The van der Waals surface area contributed by atoms with E-state index in [-0.39, 0.29) is 35.9 Å². The maximum Gasteiger partial charge on any atom is 0.304 e. The Bertz CT molecular complexity index is 950. The summed E-state index contributed by atoms with van der Waals surface area (Å²) in [5, 5.41) is 11.9. The van der Waals surface area contributed by atoms with E-state index >= 15 is 0 Å². The molecule has 0 heterocycles. The highest BCUT2D eigenvalue weighted by molar-refractivity contribution is 8.04. The number of aliphatic carboxylic acids is 1. The second-order valence-electron chi connectivity index (χ2n) is 6.06. The SMILES string of the molecule is O=C(O)CCSC1=CC(=O)C(=Nc2ccc(Nc3ccccc3)cc2)CC1=O. The van der Waals surface area contributed by atoms with Crippen LogP contribution in [0.1, 0.15) is 12.8 Å². The number of rotatable bonds is 7. The Hall–Kier alpha value is -3.19. The van der Waals surface area contributed by atoms with Crippen LogP contribution >= 0.6 is 11.8 Å². The third kappa shape index (κ3) is 5.40. The molecule has 0 unspecified atom stereocenters. The molecule has 0 saturated heterocycles. The lowest BCUT2D eigenvalue weighted by Crippen LogP contribution is -2.23. The van der Waals surface area contributed by atoms with Crippen LogP contribution in [0.3, 0.4) is 0 Å². The molecular formula is C21H18N2O4S. The lowest BCUT2D eigenvalue weighted by atomic mass is 10.0.